The van der Waals surface area contributed by atoms with Crippen LogP contribution in [-0.4, -0.2) is 22.5 Å². The Kier molecular flexibility index (Phi) is 4.35. The Morgan fingerprint density at radius 1 is 0.900 bits per heavy atom. The SMILES string of the molecule is CC(N=C(c1ccccc1)c1ccccc1)C(C)(C)O. The molecule has 0 aromatic heterocycles. The molecule has 0 bridgehead atoms. The van der Waals surface area contributed by atoms with Gasteiger partial charge in [0, 0.05) is 11.1 Å². The van der Waals surface area contributed by atoms with Crippen LogP contribution in [-0.2, 0) is 0 Å². The van der Waals surface area contributed by atoms with Crippen molar-refractivity contribution in [3.8, 4) is 0 Å². The van der Waals surface area contributed by atoms with E-state index in [0.717, 1.165) is 16.8 Å². The molecule has 0 saturated heterocycles. The first kappa shape index (κ1) is 14.5. The van der Waals surface area contributed by atoms with Crippen molar-refractivity contribution < 1.29 is 5.11 Å². The van der Waals surface area contributed by atoms with Crippen LogP contribution in [0, 0.1) is 0 Å². The number of aliphatic imine (C=N–C) groups is 1. The third-order valence-corrected chi connectivity index (χ3v) is 3.44. The molecule has 0 aliphatic carbocycles. The summed E-state index contributed by atoms with van der Waals surface area (Å²) in [4.78, 5) is 4.75. The van der Waals surface area contributed by atoms with Crippen LogP contribution in [0.2, 0.25) is 0 Å². The topological polar surface area (TPSA) is 32.6 Å². The number of rotatable bonds is 4. The van der Waals surface area contributed by atoms with E-state index < -0.39 is 5.60 Å². The minimum Gasteiger partial charge on any atom is -0.388 e. The fraction of sp³-hybridized carbons (Fsp3) is 0.278. The van der Waals surface area contributed by atoms with Crippen LogP contribution in [0.1, 0.15) is 31.9 Å². The molecule has 1 N–H and O–H groups in total. The van der Waals surface area contributed by atoms with E-state index in [0.29, 0.717) is 0 Å². The summed E-state index contributed by atoms with van der Waals surface area (Å²) in [6.07, 6.45) is 0. The maximum atomic E-state index is 10.1. The lowest BCUT2D eigenvalue weighted by molar-refractivity contribution is 0.0591. The maximum Gasteiger partial charge on any atom is 0.0811 e. The molecule has 0 saturated carbocycles. The van der Waals surface area contributed by atoms with E-state index in [1.807, 2.05) is 67.6 Å². The lowest BCUT2D eigenvalue weighted by Crippen LogP contribution is -2.33. The molecule has 1 atom stereocenters. The monoisotopic (exact) mass is 267 g/mol. The van der Waals surface area contributed by atoms with Crippen molar-refractivity contribution in [1.82, 2.24) is 0 Å². The zero-order chi connectivity index (χ0) is 14.6. The molecule has 2 rings (SSSR count). The minimum absolute atomic E-state index is 0.182. The molecular formula is C18H21NO. The number of hydrogen-bond donors (Lipinski definition) is 1. The fourth-order valence-corrected chi connectivity index (χ4v) is 1.86. The van der Waals surface area contributed by atoms with Crippen molar-refractivity contribution in [2.24, 2.45) is 4.99 Å². The molecule has 0 spiro atoms. The Hall–Kier alpha value is -1.93. The van der Waals surface area contributed by atoms with E-state index in [1.165, 1.54) is 0 Å². The van der Waals surface area contributed by atoms with Gasteiger partial charge >= 0.3 is 0 Å². The second kappa shape index (κ2) is 6.02. The van der Waals surface area contributed by atoms with Crippen molar-refractivity contribution in [2.45, 2.75) is 32.4 Å². The quantitative estimate of drug-likeness (QED) is 0.842. The van der Waals surface area contributed by atoms with Gasteiger partial charge in [-0.2, -0.15) is 0 Å². The van der Waals surface area contributed by atoms with Crippen molar-refractivity contribution >= 4 is 5.71 Å². The van der Waals surface area contributed by atoms with Gasteiger partial charge in [0.2, 0.25) is 0 Å². The molecule has 0 aliphatic heterocycles. The van der Waals surface area contributed by atoms with Gasteiger partial charge in [0.1, 0.15) is 0 Å². The van der Waals surface area contributed by atoms with E-state index in [4.69, 9.17) is 4.99 Å². The van der Waals surface area contributed by atoms with Gasteiger partial charge in [-0.05, 0) is 20.8 Å². The smallest absolute Gasteiger partial charge is 0.0811 e. The molecule has 2 aromatic carbocycles. The minimum atomic E-state index is -0.838. The van der Waals surface area contributed by atoms with E-state index in [9.17, 15) is 5.11 Å². The summed E-state index contributed by atoms with van der Waals surface area (Å²) in [5, 5.41) is 10.1. The summed E-state index contributed by atoms with van der Waals surface area (Å²) in [5.41, 5.74) is 2.21. The normalized spacial score (nSPS) is 12.8. The predicted molar refractivity (Wildman–Crippen MR) is 84.3 cm³/mol. The number of nitrogens with zero attached hydrogens (tertiary/aromatic N) is 1. The lowest BCUT2D eigenvalue weighted by Gasteiger charge is -2.23. The summed E-state index contributed by atoms with van der Waals surface area (Å²) in [6, 6.07) is 20.0. The fourth-order valence-electron chi connectivity index (χ4n) is 1.86. The summed E-state index contributed by atoms with van der Waals surface area (Å²) >= 11 is 0. The second-order valence-electron chi connectivity index (χ2n) is 5.54. The van der Waals surface area contributed by atoms with Crippen molar-refractivity contribution in [3.63, 3.8) is 0 Å². The van der Waals surface area contributed by atoms with Gasteiger partial charge in [0.15, 0.2) is 0 Å². The molecule has 2 aromatic rings. The first-order chi connectivity index (χ1) is 9.48. The zero-order valence-corrected chi connectivity index (χ0v) is 12.2. The molecule has 0 radical (unpaired) electrons. The first-order valence-corrected chi connectivity index (χ1v) is 6.89. The van der Waals surface area contributed by atoms with Gasteiger partial charge in [-0.25, -0.2) is 0 Å². The first-order valence-electron chi connectivity index (χ1n) is 6.89. The van der Waals surface area contributed by atoms with Gasteiger partial charge in [-0.3, -0.25) is 4.99 Å². The molecule has 20 heavy (non-hydrogen) atoms. The standard InChI is InChI=1S/C18H21NO/c1-14(18(2,3)20)19-17(15-10-6-4-7-11-15)16-12-8-5-9-13-16/h4-14,20H,1-3H3. The molecule has 2 heteroatoms. The molecule has 0 amide bonds. The van der Waals surface area contributed by atoms with Crippen LogP contribution < -0.4 is 0 Å². The summed E-state index contributed by atoms with van der Waals surface area (Å²) in [7, 11) is 0. The van der Waals surface area contributed by atoms with Crippen molar-refractivity contribution in [2.75, 3.05) is 0 Å². The van der Waals surface area contributed by atoms with Crippen LogP contribution in [0.15, 0.2) is 65.7 Å². The highest BCUT2D eigenvalue weighted by Crippen LogP contribution is 2.17. The highest BCUT2D eigenvalue weighted by molar-refractivity contribution is 6.12. The molecule has 0 fully saturated rings. The Balaban J connectivity index is 2.49. The molecule has 1 unspecified atom stereocenters. The Morgan fingerprint density at radius 2 is 1.30 bits per heavy atom. The van der Waals surface area contributed by atoms with Crippen LogP contribution in [0.4, 0.5) is 0 Å². The van der Waals surface area contributed by atoms with Crippen LogP contribution >= 0.6 is 0 Å². The third kappa shape index (κ3) is 3.55. The predicted octanol–water partition coefficient (Wildman–Crippen LogP) is 3.68. The number of benzene rings is 2. The Morgan fingerprint density at radius 3 is 1.65 bits per heavy atom. The van der Waals surface area contributed by atoms with Gasteiger partial charge in [-0.1, -0.05) is 60.7 Å². The van der Waals surface area contributed by atoms with Crippen molar-refractivity contribution in [1.29, 1.82) is 0 Å². The maximum absolute atomic E-state index is 10.1. The molecular weight excluding hydrogens is 246 g/mol. The summed E-state index contributed by atoms with van der Waals surface area (Å²) < 4.78 is 0. The van der Waals surface area contributed by atoms with Crippen LogP contribution in [0.5, 0.6) is 0 Å². The van der Waals surface area contributed by atoms with Gasteiger partial charge in [0.05, 0.1) is 17.4 Å². The van der Waals surface area contributed by atoms with Gasteiger partial charge in [-0.15, -0.1) is 0 Å². The van der Waals surface area contributed by atoms with Crippen molar-refractivity contribution in [3.05, 3.63) is 71.8 Å². The molecule has 0 heterocycles. The Bertz CT molecular complexity index is 526. The number of aliphatic hydroxyl groups is 1. The zero-order valence-electron chi connectivity index (χ0n) is 12.2. The average molecular weight is 267 g/mol. The third-order valence-electron chi connectivity index (χ3n) is 3.44. The highest BCUT2D eigenvalue weighted by atomic mass is 16.3. The lowest BCUT2D eigenvalue weighted by atomic mass is 9.98. The van der Waals surface area contributed by atoms with Gasteiger partial charge in [0.25, 0.3) is 0 Å². The summed E-state index contributed by atoms with van der Waals surface area (Å²) in [5.74, 6) is 0. The molecule has 104 valence electrons. The molecule has 2 nitrogen and oxygen atoms in total. The average Bonchev–Trinajstić information content (AvgIpc) is 2.45. The van der Waals surface area contributed by atoms with E-state index in [2.05, 4.69) is 0 Å². The largest absolute Gasteiger partial charge is 0.388 e. The highest BCUT2D eigenvalue weighted by Gasteiger charge is 2.22. The summed E-state index contributed by atoms with van der Waals surface area (Å²) in [6.45, 7) is 5.51. The van der Waals surface area contributed by atoms with E-state index in [-0.39, 0.29) is 6.04 Å². The second-order valence-corrected chi connectivity index (χ2v) is 5.54. The van der Waals surface area contributed by atoms with Crippen LogP contribution in [0.3, 0.4) is 0 Å². The van der Waals surface area contributed by atoms with E-state index in [1.54, 1.807) is 13.8 Å². The van der Waals surface area contributed by atoms with Gasteiger partial charge < -0.3 is 5.11 Å². The van der Waals surface area contributed by atoms with Crippen LogP contribution in [0.25, 0.3) is 0 Å². The Labute approximate surface area is 120 Å². The number of hydrogen-bond acceptors (Lipinski definition) is 2. The van der Waals surface area contributed by atoms with E-state index >= 15 is 0 Å². The molecule has 0 aliphatic rings.